The van der Waals surface area contributed by atoms with Crippen LogP contribution in [0.15, 0.2) is 48.5 Å². The third-order valence-electron chi connectivity index (χ3n) is 7.41. The summed E-state index contributed by atoms with van der Waals surface area (Å²) in [5.74, 6) is 0.507. The van der Waals surface area contributed by atoms with Crippen molar-refractivity contribution < 1.29 is 15.3 Å². The van der Waals surface area contributed by atoms with E-state index in [9.17, 15) is 15.3 Å². The molecule has 29 heavy (non-hydrogen) atoms. The van der Waals surface area contributed by atoms with Crippen molar-refractivity contribution in [1.82, 2.24) is 4.90 Å². The maximum Gasteiger partial charge on any atom is 0.115 e. The Hall–Kier alpha value is -2.24. The molecule has 4 rings (SSSR count). The quantitative estimate of drug-likeness (QED) is 0.741. The van der Waals surface area contributed by atoms with Crippen molar-refractivity contribution in [3.05, 3.63) is 54.1 Å². The number of nitrogens with zero attached hydrogens (tertiary/aromatic N) is 2. The Labute approximate surface area is 173 Å². The van der Waals surface area contributed by atoms with Gasteiger partial charge in [0, 0.05) is 48.7 Å². The zero-order valence-electron chi connectivity index (χ0n) is 17.8. The molecule has 2 fully saturated rings. The van der Waals surface area contributed by atoms with Gasteiger partial charge in [-0.2, -0.15) is 0 Å². The minimum Gasteiger partial charge on any atom is -0.508 e. The summed E-state index contributed by atoms with van der Waals surface area (Å²) < 4.78 is 0. The molecule has 1 saturated heterocycles. The average molecular weight is 397 g/mol. The SMILES string of the molecule is CC1(C)[C@H](N2CCN(c3ccc(O)cc3)CC2)C(C)(C)[C@@]1(O)c1ccc(O)cc1. The summed E-state index contributed by atoms with van der Waals surface area (Å²) in [4.78, 5) is 4.87. The first-order valence-corrected chi connectivity index (χ1v) is 10.4. The highest BCUT2D eigenvalue weighted by Gasteiger charge is 2.73. The van der Waals surface area contributed by atoms with Gasteiger partial charge < -0.3 is 20.2 Å². The number of aromatic hydroxyl groups is 2. The monoisotopic (exact) mass is 396 g/mol. The topological polar surface area (TPSA) is 67.2 Å². The van der Waals surface area contributed by atoms with Crippen molar-refractivity contribution in [2.45, 2.75) is 39.3 Å². The lowest BCUT2D eigenvalue weighted by Crippen LogP contribution is -2.79. The van der Waals surface area contributed by atoms with Crippen molar-refractivity contribution in [3.63, 3.8) is 0 Å². The van der Waals surface area contributed by atoms with Crippen LogP contribution in [0.4, 0.5) is 5.69 Å². The fourth-order valence-electron chi connectivity index (χ4n) is 6.31. The van der Waals surface area contributed by atoms with Gasteiger partial charge >= 0.3 is 0 Å². The molecule has 0 bridgehead atoms. The van der Waals surface area contributed by atoms with Gasteiger partial charge in [-0.25, -0.2) is 0 Å². The van der Waals surface area contributed by atoms with Crippen LogP contribution >= 0.6 is 0 Å². The summed E-state index contributed by atoms with van der Waals surface area (Å²) in [5.41, 5.74) is 0.383. The van der Waals surface area contributed by atoms with Crippen LogP contribution in [0.1, 0.15) is 33.3 Å². The van der Waals surface area contributed by atoms with E-state index < -0.39 is 5.60 Å². The number of benzene rings is 2. The molecular formula is C24H32N2O3. The van der Waals surface area contributed by atoms with E-state index in [1.54, 1.807) is 24.3 Å². The van der Waals surface area contributed by atoms with E-state index >= 15 is 0 Å². The van der Waals surface area contributed by atoms with E-state index in [2.05, 4.69) is 37.5 Å². The minimum atomic E-state index is -0.966. The molecule has 5 nitrogen and oxygen atoms in total. The maximum atomic E-state index is 11.8. The number of rotatable bonds is 3. The lowest BCUT2D eigenvalue weighted by Gasteiger charge is -2.72. The Morgan fingerprint density at radius 2 is 1.17 bits per heavy atom. The standard InChI is InChI=1S/C24H32N2O3/c1-22(2)21(23(3,4)24(22,29)17-5-9-19(27)10-6-17)26-15-13-25(14-16-26)18-7-11-20(28)12-8-18/h5-12,21,27-29H,13-16H2,1-4H3/t21-,24+. The van der Waals surface area contributed by atoms with Crippen LogP contribution in [0.5, 0.6) is 11.5 Å². The molecule has 0 aromatic heterocycles. The van der Waals surface area contributed by atoms with Gasteiger partial charge in [-0.05, 0) is 42.0 Å². The van der Waals surface area contributed by atoms with E-state index in [0.29, 0.717) is 5.75 Å². The molecule has 2 aliphatic rings. The van der Waals surface area contributed by atoms with Crippen molar-refractivity contribution in [3.8, 4) is 11.5 Å². The van der Waals surface area contributed by atoms with Crippen LogP contribution in [0.25, 0.3) is 0 Å². The van der Waals surface area contributed by atoms with Crippen LogP contribution in [0.3, 0.4) is 0 Å². The van der Waals surface area contributed by atoms with E-state index in [0.717, 1.165) is 37.4 Å². The molecular weight excluding hydrogens is 364 g/mol. The van der Waals surface area contributed by atoms with Crippen LogP contribution < -0.4 is 4.90 Å². The largest absolute Gasteiger partial charge is 0.508 e. The fraction of sp³-hybridized carbons (Fsp3) is 0.500. The zero-order valence-corrected chi connectivity index (χ0v) is 17.8. The first kappa shape index (κ1) is 20.0. The minimum absolute atomic E-state index is 0.217. The van der Waals surface area contributed by atoms with Gasteiger partial charge in [-0.1, -0.05) is 39.8 Å². The van der Waals surface area contributed by atoms with Crippen molar-refractivity contribution in [2.75, 3.05) is 31.1 Å². The van der Waals surface area contributed by atoms with Gasteiger partial charge in [0.05, 0.1) is 0 Å². The number of anilines is 1. The highest BCUT2D eigenvalue weighted by molar-refractivity contribution is 5.49. The van der Waals surface area contributed by atoms with E-state index in [1.165, 1.54) is 0 Å². The Bertz CT molecular complexity index is 850. The van der Waals surface area contributed by atoms with Gasteiger partial charge in [0.15, 0.2) is 0 Å². The molecule has 1 aliphatic heterocycles. The van der Waals surface area contributed by atoms with Gasteiger partial charge in [-0.15, -0.1) is 0 Å². The predicted molar refractivity (Wildman–Crippen MR) is 115 cm³/mol. The number of aliphatic hydroxyl groups is 1. The Morgan fingerprint density at radius 1 is 0.724 bits per heavy atom. The second kappa shape index (κ2) is 6.64. The van der Waals surface area contributed by atoms with Crippen LogP contribution in [-0.4, -0.2) is 52.4 Å². The van der Waals surface area contributed by atoms with Crippen LogP contribution in [0, 0.1) is 10.8 Å². The smallest absolute Gasteiger partial charge is 0.115 e. The Kier molecular flexibility index (Phi) is 4.59. The van der Waals surface area contributed by atoms with E-state index in [-0.39, 0.29) is 22.6 Å². The average Bonchev–Trinajstić information content (AvgIpc) is 2.68. The Morgan fingerprint density at radius 3 is 1.66 bits per heavy atom. The lowest BCUT2D eigenvalue weighted by atomic mass is 9.39. The van der Waals surface area contributed by atoms with Crippen molar-refractivity contribution in [2.24, 2.45) is 10.8 Å². The molecule has 2 aromatic rings. The van der Waals surface area contributed by atoms with Crippen molar-refractivity contribution >= 4 is 5.69 Å². The van der Waals surface area contributed by atoms with Crippen LogP contribution in [0.2, 0.25) is 0 Å². The first-order chi connectivity index (χ1) is 13.6. The molecule has 0 atom stereocenters. The van der Waals surface area contributed by atoms with Gasteiger partial charge in [0.25, 0.3) is 0 Å². The number of piperazine rings is 1. The second-order valence-corrected chi connectivity index (χ2v) is 9.64. The maximum absolute atomic E-state index is 11.8. The lowest BCUT2D eigenvalue weighted by molar-refractivity contribution is -0.307. The van der Waals surface area contributed by atoms with E-state index in [4.69, 9.17) is 0 Å². The number of phenols is 2. The van der Waals surface area contributed by atoms with Crippen LogP contribution in [-0.2, 0) is 5.60 Å². The fourth-order valence-corrected chi connectivity index (χ4v) is 6.31. The molecule has 1 aliphatic carbocycles. The molecule has 1 heterocycles. The Balaban J connectivity index is 1.53. The summed E-state index contributed by atoms with van der Waals surface area (Å²) >= 11 is 0. The zero-order chi connectivity index (χ0) is 21.0. The van der Waals surface area contributed by atoms with Gasteiger partial charge in [0.2, 0.25) is 0 Å². The molecule has 0 amide bonds. The summed E-state index contributed by atoms with van der Waals surface area (Å²) in [7, 11) is 0. The molecule has 3 N–H and O–H groups in total. The summed E-state index contributed by atoms with van der Waals surface area (Å²) in [6.45, 7) is 12.3. The molecule has 0 unspecified atom stereocenters. The molecule has 0 radical (unpaired) electrons. The number of hydrogen-bond acceptors (Lipinski definition) is 5. The molecule has 0 spiro atoms. The highest BCUT2D eigenvalue weighted by atomic mass is 16.3. The van der Waals surface area contributed by atoms with E-state index in [1.807, 2.05) is 24.3 Å². The molecule has 156 valence electrons. The number of hydrogen-bond donors (Lipinski definition) is 3. The highest BCUT2D eigenvalue weighted by Crippen LogP contribution is 2.68. The number of phenolic OH excluding ortho intramolecular Hbond substituents is 2. The predicted octanol–water partition coefficient (Wildman–Crippen LogP) is 3.54. The first-order valence-electron chi connectivity index (χ1n) is 10.4. The normalized spacial score (nSPS) is 28.7. The summed E-state index contributed by atoms with van der Waals surface area (Å²) in [6.07, 6.45) is 0. The summed E-state index contributed by atoms with van der Waals surface area (Å²) in [5, 5.41) is 31.0. The third-order valence-corrected chi connectivity index (χ3v) is 7.41. The molecule has 2 aromatic carbocycles. The summed E-state index contributed by atoms with van der Waals surface area (Å²) in [6, 6.07) is 14.6. The third kappa shape index (κ3) is 2.82. The van der Waals surface area contributed by atoms with Gasteiger partial charge in [-0.3, -0.25) is 4.90 Å². The second-order valence-electron chi connectivity index (χ2n) is 9.64. The molecule has 1 saturated carbocycles. The molecule has 5 heteroatoms. The van der Waals surface area contributed by atoms with Gasteiger partial charge in [0.1, 0.15) is 17.1 Å². The van der Waals surface area contributed by atoms with Crippen molar-refractivity contribution in [1.29, 1.82) is 0 Å².